The molecule has 0 fully saturated rings. The molecule has 0 atom stereocenters. The summed E-state index contributed by atoms with van der Waals surface area (Å²) in [6.07, 6.45) is 1.69. The number of imidazole rings is 1. The lowest BCUT2D eigenvalue weighted by molar-refractivity contribution is 0.0511. The maximum atomic E-state index is 11.7. The highest BCUT2D eigenvalue weighted by atomic mass is 79.9. The average molecular weight is 299 g/mol. The molecule has 0 unspecified atom stereocenters. The van der Waals surface area contributed by atoms with E-state index in [0.717, 1.165) is 5.52 Å². The van der Waals surface area contributed by atoms with Gasteiger partial charge in [-0.05, 0) is 35.0 Å². The van der Waals surface area contributed by atoms with Gasteiger partial charge in [-0.25, -0.2) is 9.78 Å². The van der Waals surface area contributed by atoms with Crippen LogP contribution in [0.1, 0.15) is 17.5 Å². The van der Waals surface area contributed by atoms with Crippen molar-refractivity contribution in [1.82, 2.24) is 9.38 Å². The van der Waals surface area contributed by atoms with Gasteiger partial charge < -0.3 is 9.47 Å². The number of hydrogen-bond acceptors (Lipinski definition) is 4. The van der Waals surface area contributed by atoms with Gasteiger partial charge in [0, 0.05) is 0 Å². The lowest BCUT2D eigenvalue weighted by Crippen LogP contribution is -2.09. The first-order chi connectivity index (χ1) is 8.17. The van der Waals surface area contributed by atoms with Crippen LogP contribution in [0.2, 0.25) is 0 Å². The molecule has 0 radical (unpaired) electrons. The van der Waals surface area contributed by atoms with Crippen molar-refractivity contribution in [2.75, 3.05) is 13.7 Å². The number of halogens is 1. The molecule has 0 aliphatic heterocycles. The molecule has 0 bridgehead atoms. The number of esters is 1. The average Bonchev–Trinajstić information content (AvgIpc) is 2.66. The molecule has 5 nitrogen and oxygen atoms in total. The summed E-state index contributed by atoms with van der Waals surface area (Å²) in [5.41, 5.74) is 0.786. The van der Waals surface area contributed by atoms with Crippen molar-refractivity contribution >= 4 is 27.4 Å². The molecule has 0 saturated carbocycles. The maximum absolute atomic E-state index is 11.7. The lowest BCUT2D eigenvalue weighted by Gasteiger charge is -2.03. The van der Waals surface area contributed by atoms with Crippen LogP contribution in [0, 0.1) is 0 Å². The van der Waals surface area contributed by atoms with Crippen LogP contribution in [0.25, 0.3) is 5.52 Å². The second-order valence-corrected chi connectivity index (χ2v) is 4.02. The fourth-order valence-corrected chi connectivity index (χ4v) is 1.98. The van der Waals surface area contributed by atoms with Crippen LogP contribution in [-0.2, 0) is 4.74 Å². The summed E-state index contributed by atoms with van der Waals surface area (Å²) in [5.74, 6) is 0.419. The number of pyridine rings is 1. The van der Waals surface area contributed by atoms with E-state index in [4.69, 9.17) is 9.47 Å². The minimum Gasteiger partial charge on any atom is -0.495 e. The third-order valence-electron chi connectivity index (χ3n) is 2.26. The normalized spacial score (nSPS) is 10.5. The molecule has 0 aliphatic rings. The van der Waals surface area contributed by atoms with Crippen molar-refractivity contribution in [1.29, 1.82) is 0 Å². The Morgan fingerprint density at radius 2 is 2.29 bits per heavy atom. The van der Waals surface area contributed by atoms with Crippen LogP contribution in [0.3, 0.4) is 0 Å². The summed E-state index contributed by atoms with van der Waals surface area (Å²) in [7, 11) is 1.57. The number of carbonyl (C=O) groups is 1. The summed E-state index contributed by atoms with van der Waals surface area (Å²) in [4.78, 5) is 15.8. The van der Waals surface area contributed by atoms with Gasteiger partial charge in [-0.3, -0.25) is 4.40 Å². The zero-order chi connectivity index (χ0) is 12.4. The second kappa shape index (κ2) is 4.75. The SMILES string of the molecule is CCOC(=O)c1nc(Br)c2ccc(OC)cn12. The van der Waals surface area contributed by atoms with Crippen LogP contribution in [0.4, 0.5) is 0 Å². The van der Waals surface area contributed by atoms with Crippen molar-refractivity contribution in [2.45, 2.75) is 6.92 Å². The Morgan fingerprint density at radius 1 is 1.53 bits per heavy atom. The fraction of sp³-hybridized carbons (Fsp3) is 0.273. The standard InChI is InChI=1S/C11H11BrN2O3/c1-3-17-11(15)10-13-9(12)8-5-4-7(16-2)6-14(8)10/h4-6H,3H2,1-2H3. The second-order valence-electron chi connectivity index (χ2n) is 3.27. The van der Waals surface area contributed by atoms with E-state index in [0.29, 0.717) is 17.0 Å². The number of aromatic nitrogens is 2. The lowest BCUT2D eigenvalue weighted by atomic mass is 10.4. The Morgan fingerprint density at radius 3 is 2.94 bits per heavy atom. The van der Waals surface area contributed by atoms with Gasteiger partial charge in [-0.2, -0.15) is 0 Å². The minimum absolute atomic E-state index is 0.229. The first-order valence-electron chi connectivity index (χ1n) is 5.06. The Hall–Kier alpha value is -1.56. The number of nitrogens with zero attached hydrogens (tertiary/aromatic N) is 2. The van der Waals surface area contributed by atoms with Crippen LogP contribution < -0.4 is 4.74 Å². The van der Waals surface area contributed by atoms with Crippen LogP contribution in [0.15, 0.2) is 22.9 Å². The molecule has 17 heavy (non-hydrogen) atoms. The van der Waals surface area contributed by atoms with Crippen molar-refractivity contribution in [3.05, 3.63) is 28.8 Å². The molecular weight excluding hydrogens is 288 g/mol. The summed E-state index contributed by atoms with van der Waals surface area (Å²) in [5, 5.41) is 0. The first kappa shape index (κ1) is 11.9. The van der Waals surface area contributed by atoms with Crippen LogP contribution in [0.5, 0.6) is 5.75 Å². The van der Waals surface area contributed by atoms with E-state index < -0.39 is 5.97 Å². The molecule has 90 valence electrons. The summed E-state index contributed by atoms with van der Waals surface area (Å²) < 4.78 is 12.3. The molecule has 0 aromatic carbocycles. The topological polar surface area (TPSA) is 52.8 Å². The van der Waals surface area contributed by atoms with Gasteiger partial charge in [0.1, 0.15) is 10.4 Å². The van der Waals surface area contributed by atoms with Gasteiger partial charge in [0.05, 0.1) is 25.4 Å². The van der Waals surface area contributed by atoms with E-state index in [1.807, 2.05) is 6.07 Å². The van der Waals surface area contributed by atoms with Crippen molar-refractivity contribution in [3.63, 3.8) is 0 Å². The molecule has 0 N–H and O–H groups in total. The molecule has 2 aromatic rings. The number of carbonyl (C=O) groups excluding carboxylic acids is 1. The molecular formula is C11H11BrN2O3. The summed E-state index contributed by atoms with van der Waals surface area (Å²) in [6, 6.07) is 3.62. The van der Waals surface area contributed by atoms with Gasteiger partial charge in [0.2, 0.25) is 5.82 Å². The number of fused-ring (bicyclic) bond motifs is 1. The van der Waals surface area contributed by atoms with Crippen molar-refractivity contribution in [2.24, 2.45) is 0 Å². The van der Waals surface area contributed by atoms with E-state index in [1.165, 1.54) is 0 Å². The third-order valence-corrected chi connectivity index (χ3v) is 2.84. The van der Waals surface area contributed by atoms with Crippen molar-refractivity contribution in [3.8, 4) is 5.75 Å². The Labute approximate surface area is 106 Å². The first-order valence-corrected chi connectivity index (χ1v) is 5.85. The fourth-order valence-electron chi connectivity index (χ4n) is 1.49. The Bertz CT molecular complexity index is 565. The molecule has 2 aromatic heterocycles. The maximum Gasteiger partial charge on any atom is 0.374 e. The van der Waals surface area contributed by atoms with Crippen LogP contribution in [-0.4, -0.2) is 29.1 Å². The quantitative estimate of drug-likeness (QED) is 0.816. The van der Waals surface area contributed by atoms with Gasteiger partial charge in [0.25, 0.3) is 0 Å². The molecule has 2 heterocycles. The minimum atomic E-state index is -0.457. The molecule has 0 aliphatic carbocycles. The predicted molar refractivity (Wildman–Crippen MR) is 65.4 cm³/mol. The van der Waals surface area contributed by atoms with E-state index >= 15 is 0 Å². The zero-order valence-electron chi connectivity index (χ0n) is 9.44. The monoisotopic (exact) mass is 298 g/mol. The van der Waals surface area contributed by atoms with E-state index in [1.54, 1.807) is 30.7 Å². The third kappa shape index (κ3) is 2.12. The zero-order valence-corrected chi connectivity index (χ0v) is 11.0. The Balaban J connectivity index is 2.58. The number of hydrogen-bond donors (Lipinski definition) is 0. The molecule has 0 spiro atoms. The van der Waals surface area contributed by atoms with E-state index in [2.05, 4.69) is 20.9 Å². The Kier molecular flexibility index (Phi) is 3.33. The molecule has 0 amide bonds. The molecule has 0 saturated heterocycles. The van der Waals surface area contributed by atoms with Gasteiger partial charge in [-0.15, -0.1) is 0 Å². The highest BCUT2D eigenvalue weighted by Gasteiger charge is 2.17. The highest BCUT2D eigenvalue weighted by molar-refractivity contribution is 9.10. The number of rotatable bonds is 3. The van der Waals surface area contributed by atoms with Gasteiger partial charge in [-0.1, -0.05) is 0 Å². The largest absolute Gasteiger partial charge is 0.495 e. The predicted octanol–water partition coefficient (Wildman–Crippen LogP) is 2.28. The highest BCUT2D eigenvalue weighted by Crippen LogP contribution is 2.22. The number of methoxy groups -OCH3 is 1. The van der Waals surface area contributed by atoms with Gasteiger partial charge in [0.15, 0.2) is 0 Å². The van der Waals surface area contributed by atoms with E-state index in [9.17, 15) is 4.79 Å². The smallest absolute Gasteiger partial charge is 0.374 e. The summed E-state index contributed by atoms with van der Waals surface area (Å²) >= 11 is 3.30. The van der Waals surface area contributed by atoms with Crippen LogP contribution >= 0.6 is 15.9 Å². The van der Waals surface area contributed by atoms with E-state index in [-0.39, 0.29) is 5.82 Å². The summed E-state index contributed by atoms with van der Waals surface area (Å²) in [6.45, 7) is 2.07. The van der Waals surface area contributed by atoms with Gasteiger partial charge >= 0.3 is 5.97 Å². The molecule has 6 heteroatoms. The number of ether oxygens (including phenoxy) is 2. The van der Waals surface area contributed by atoms with Crippen molar-refractivity contribution < 1.29 is 14.3 Å². The molecule has 2 rings (SSSR count).